The van der Waals surface area contributed by atoms with Crippen molar-refractivity contribution in [2.75, 3.05) is 0 Å². The number of rotatable bonds is 3. The molecule has 0 unspecified atom stereocenters. The van der Waals surface area contributed by atoms with E-state index < -0.39 is 5.82 Å². The average molecular weight is 322 g/mol. The van der Waals surface area contributed by atoms with Crippen LogP contribution in [0.1, 0.15) is 11.1 Å². The molecule has 1 N–H and O–H groups in total. The third-order valence-corrected chi connectivity index (χ3v) is 3.08. The second-order valence-electron chi connectivity index (χ2n) is 3.78. The van der Waals surface area contributed by atoms with E-state index in [4.69, 9.17) is 15.1 Å². The fraction of sp³-hybridized carbons (Fsp3) is 0.0714. The molecule has 19 heavy (non-hydrogen) atoms. The standard InChI is InChI=1S/C14H9BrFNO2/c15-11-5-10(8-18)2-3-13(11)19-14-4-1-9(7-17)6-12(14)16/h1-6,18H,8H2. The van der Waals surface area contributed by atoms with Gasteiger partial charge in [0.2, 0.25) is 0 Å². The predicted octanol–water partition coefficient (Wildman–Crippen LogP) is 3.74. The highest BCUT2D eigenvalue weighted by Crippen LogP contribution is 2.32. The Labute approximate surface area is 118 Å². The summed E-state index contributed by atoms with van der Waals surface area (Å²) in [5.41, 5.74) is 0.957. The predicted molar refractivity (Wildman–Crippen MR) is 71.3 cm³/mol. The Hall–Kier alpha value is -1.90. The Morgan fingerprint density at radius 3 is 2.53 bits per heavy atom. The molecule has 0 aliphatic heterocycles. The first-order valence-corrected chi connectivity index (χ1v) is 6.20. The molecule has 0 aromatic heterocycles. The number of nitrogens with zero attached hydrogens (tertiary/aromatic N) is 1. The van der Waals surface area contributed by atoms with Crippen LogP contribution < -0.4 is 4.74 Å². The maximum atomic E-state index is 13.7. The third-order valence-electron chi connectivity index (χ3n) is 2.46. The average Bonchev–Trinajstić information content (AvgIpc) is 2.42. The summed E-state index contributed by atoms with van der Waals surface area (Å²) < 4.78 is 19.7. The van der Waals surface area contributed by atoms with Crippen molar-refractivity contribution in [3.05, 3.63) is 57.8 Å². The fourth-order valence-electron chi connectivity index (χ4n) is 1.50. The summed E-state index contributed by atoms with van der Waals surface area (Å²) in [6.45, 7) is -0.0793. The van der Waals surface area contributed by atoms with Crippen molar-refractivity contribution in [3.8, 4) is 17.6 Å². The number of hydrogen-bond acceptors (Lipinski definition) is 3. The van der Waals surface area contributed by atoms with E-state index >= 15 is 0 Å². The number of nitriles is 1. The van der Waals surface area contributed by atoms with Crippen LogP contribution in [-0.2, 0) is 6.61 Å². The van der Waals surface area contributed by atoms with Gasteiger partial charge in [0.05, 0.1) is 22.7 Å². The Balaban J connectivity index is 2.29. The Bertz CT molecular complexity index is 652. The molecule has 2 aromatic carbocycles. The van der Waals surface area contributed by atoms with Gasteiger partial charge in [0.25, 0.3) is 0 Å². The topological polar surface area (TPSA) is 53.2 Å². The van der Waals surface area contributed by atoms with Crippen molar-refractivity contribution in [2.24, 2.45) is 0 Å². The number of halogens is 2. The van der Waals surface area contributed by atoms with Gasteiger partial charge in [0.1, 0.15) is 5.75 Å². The lowest BCUT2D eigenvalue weighted by Crippen LogP contribution is -1.91. The highest BCUT2D eigenvalue weighted by Gasteiger charge is 2.09. The van der Waals surface area contributed by atoms with E-state index in [1.54, 1.807) is 18.2 Å². The van der Waals surface area contributed by atoms with E-state index in [1.807, 2.05) is 6.07 Å². The highest BCUT2D eigenvalue weighted by atomic mass is 79.9. The molecule has 2 aromatic rings. The van der Waals surface area contributed by atoms with E-state index in [9.17, 15) is 4.39 Å². The zero-order valence-electron chi connectivity index (χ0n) is 9.73. The monoisotopic (exact) mass is 321 g/mol. The number of aliphatic hydroxyl groups is 1. The maximum Gasteiger partial charge on any atom is 0.167 e. The molecule has 0 heterocycles. The van der Waals surface area contributed by atoms with Crippen LogP contribution in [0.25, 0.3) is 0 Å². The van der Waals surface area contributed by atoms with Gasteiger partial charge in [-0.2, -0.15) is 5.26 Å². The van der Waals surface area contributed by atoms with Gasteiger partial charge in [0, 0.05) is 0 Å². The van der Waals surface area contributed by atoms with Crippen LogP contribution in [0.2, 0.25) is 0 Å². The molecule has 0 saturated carbocycles. The zero-order chi connectivity index (χ0) is 13.8. The fourth-order valence-corrected chi connectivity index (χ4v) is 2.00. The zero-order valence-corrected chi connectivity index (χ0v) is 11.3. The minimum atomic E-state index is -0.600. The van der Waals surface area contributed by atoms with Crippen LogP contribution in [0.4, 0.5) is 4.39 Å². The molecule has 0 amide bonds. The maximum absolute atomic E-state index is 13.7. The van der Waals surface area contributed by atoms with Crippen LogP contribution >= 0.6 is 15.9 Å². The molecular weight excluding hydrogens is 313 g/mol. The molecule has 0 radical (unpaired) electrons. The van der Waals surface area contributed by atoms with Gasteiger partial charge in [-0.05, 0) is 51.8 Å². The largest absolute Gasteiger partial charge is 0.453 e. The molecule has 0 aliphatic rings. The molecule has 0 fully saturated rings. The van der Waals surface area contributed by atoms with Crippen molar-refractivity contribution in [1.82, 2.24) is 0 Å². The summed E-state index contributed by atoms with van der Waals surface area (Å²) in [7, 11) is 0. The van der Waals surface area contributed by atoms with Crippen molar-refractivity contribution < 1.29 is 14.2 Å². The minimum absolute atomic E-state index is 0.0384. The molecule has 5 heteroatoms. The van der Waals surface area contributed by atoms with Crippen molar-refractivity contribution in [1.29, 1.82) is 5.26 Å². The van der Waals surface area contributed by atoms with Crippen molar-refractivity contribution in [2.45, 2.75) is 6.61 Å². The molecule has 0 atom stereocenters. The van der Waals surface area contributed by atoms with E-state index in [0.29, 0.717) is 10.2 Å². The molecule has 0 spiro atoms. The van der Waals surface area contributed by atoms with Crippen molar-refractivity contribution >= 4 is 15.9 Å². The number of aliphatic hydroxyl groups excluding tert-OH is 1. The van der Waals surface area contributed by atoms with Crippen LogP contribution in [0.3, 0.4) is 0 Å². The van der Waals surface area contributed by atoms with Gasteiger partial charge in [-0.15, -0.1) is 0 Å². The number of benzene rings is 2. The lowest BCUT2D eigenvalue weighted by molar-refractivity contribution is 0.281. The molecular formula is C14H9BrFNO2. The lowest BCUT2D eigenvalue weighted by Gasteiger charge is -2.09. The minimum Gasteiger partial charge on any atom is -0.453 e. The van der Waals surface area contributed by atoms with E-state index in [2.05, 4.69) is 15.9 Å². The molecule has 0 bridgehead atoms. The van der Waals surface area contributed by atoms with Gasteiger partial charge in [-0.3, -0.25) is 0 Å². The molecule has 0 aliphatic carbocycles. The first-order chi connectivity index (χ1) is 9.13. The summed E-state index contributed by atoms with van der Waals surface area (Å²) >= 11 is 3.29. The summed E-state index contributed by atoms with van der Waals surface area (Å²) in [5, 5.41) is 17.6. The Morgan fingerprint density at radius 2 is 1.95 bits per heavy atom. The van der Waals surface area contributed by atoms with Crippen molar-refractivity contribution in [3.63, 3.8) is 0 Å². The van der Waals surface area contributed by atoms with Crippen LogP contribution in [0.15, 0.2) is 40.9 Å². The smallest absolute Gasteiger partial charge is 0.167 e. The normalized spacial score (nSPS) is 10.0. The second-order valence-corrected chi connectivity index (χ2v) is 4.64. The lowest BCUT2D eigenvalue weighted by atomic mass is 10.2. The molecule has 2 rings (SSSR count). The number of ether oxygens (including phenoxy) is 1. The van der Waals surface area contributed by atoms with Crippen LogP contribution in [0, 0.1) is 17.1 Å². The highest BCUT2D eigenvalue weighted by molar-refractivity contribution is 9.10. The van der Waals surface area contributed by atoms with Gasteiger partial charge >= 0.3 is 0 Å². The first kappa shape index (κ1) is 13.5. The SMILES string of the molecule is N#Cc1ccc(Oc2ccc(CO)cc2Br)c(F)c1. The quantitative estimate of drug-likeness (QED) is 0.936. The van der Waals surface area contributed by atoms with E-state index in [0.717, 1.165) is 11.6 Å². The van der Waals surface area contributed by atoms with E-state index in [1.165, 1.54) is 12.1 Å². The third kappa shape index (κ3) is 3.11. The van der Waals surface area contributed by atoms with Crippen LogP contribution in [0.5, 0.6) is 11.5 Å². The second kappa shape index (κ2) is 5.83. The molecule has 96 valence electrons. The van der Waals surface area contributed by atoms with Gasteiger partial charge < -0.3 is 9.84 Å². The Morgan fingerprint density at radius 1 is 1.21 bits per heavy atom. The summed E-state index contributed by atoms with van der Waals surface area (Å²) in [5.74, 6) is -0.130. The van der Waals surface area contributed by atoms with Gasteiger partial charge in [-0.25, -0.2) is 4.39 Å². The van der Waals surface area contributed by atoms with Gasteiger partial charge in [0.15, 0.2) is 11.6 Å². The summed E-state index contributed by atoms with van der Waals surface area (Å²) in [4.78, 5) is 0. The summed E-state index contributed by atoms with van der Waals surface area (Å²) in [6, 6.07) is 10.9. The molecule has 0 saturated heterocycles. The Kier molecular flexibility index (Phi) is 4.15. The van der Waals surface area contributed by atoms with Crippen LogP contribution in [-0.4, -0.2) is 5.11 Å². The summed E-state index contributed by atoms with van der Waals surface area (Å²) in [6.07, 6.45) is 0. The van der Waals surface area contributed by atoms with Gasteiger partial charge in [-0.1, -0.05) is 6.07 Å². The molecule has 3 nitrogen and oxygen atoms in total. The first-order valence-electron chi connectivity index (χ1n) is 5.41. The van der Waals surface area contributed by atoms with E-state index in [-0.39, 0.29) is 17.9 Å². The number of hydrogen-bond donors (Lipinski definition) is 1.